The third-order valence-electron chi connectivity index (χ3n) is 2.46. The lowest BCUT2D eigenvalue weighted by molar-refractivity contribution is -0.120. The summed E-state index contributed by atoms with van der Waals surface area (Å²) in [6, 6.07) is 7.73. The van der Waals surface area contributed by atoms with Crippen molar-refractivity contribution in [2.45, 2.75) is 19.9 Å². The molecule has 0 aliphatic heterocycles. The van der Waals surface area contributed by atoms with Crippen molar-refractivity contribution in [3.05, 3.63) is 35.4 Å². The van der Waals surface area contributed by atoms with Crippen molar-refractivity contribution < 1.29 is 9.53 Å². The molecule has 0 saturated carbocycles. The predicted molar refractivity (Wildman–Crippen MR) is 67.5 cm³/mol. The molecule has 0 fully saturated rings. The molecule has 0 atom stereocenters. The van der Waals surface area contributed by atoms with Gasteiger partial charge in [-0.1, -0.05) is 24.3 Å². The first kappa shape index (κ1) is 13.7. The van der Waals surface area contributed by atoms with Gasteiger partial charge in [-0.3, -0.25) is 4.79 Å². The number of amides is 1. The van der Waals surface area contributed by atoms with Crippen LogP contribution in [0.15, 0.2) is 24.3 Å². The molecular weight excluding hydrogens is 216 g/mol. The van der Waals surface area contributed by atoms with Crippen LogP contribution in [0, 0.1) is 0 Å². The Morgan fingerprint density at radius 3 is 2.71 bits per heavy atom. The average Bonchev–Trinajstić information content (AvgIpc) is 2.35. The lowest BCUT2D eigenvalue weighted by Crippen LogP contribution is -2.29. The summed E-state index contributed by atoms with van der Waals surface area (Å²) < 4.78 is 5.14. The number of carbonyl (C=O) groups excluding carboxylic acids is 1. The van der Waals surface area contributed by atoms with Crippen LogP contribution in [0.4, 0.5) is 0 Å². The number of rotatable bonds is 7. The minimum Gasteiger partial charge on any atom is -0.380 e. The molecule has 4 nitrogen and oxygen atoms in total. The first-order chi connectivity index (χ1) is 8.27. The fourth-order valence-electron chi connectivity index (χ4n) is 1.57. The molecule has 0 bridgehead atoms. The van der Waals surface area contributed by atoms with Gasteiger partial charge in [-0.15, -0.1) is 0 Å². The molecule has 1 rings (SSSR count). The zero-order chi connectivity index (χ0) is 12.5. The van der Waals surface area contributed by atoms with E-state index < -0.39 is 0 Å². The SMILES string of the molecule is CCOCCNC(=O)Cc1ccccc1CN. The molecule has 17 heavy (non-hydrogen) atoms. The quantitative estimate of drug-likeness (QED) is 0.690. The van der Waals surface area contributed by atoms with Gasteiger partial charge in [0, 0.05) is 19.7 Å². The van der Waals surface area contributed by atoms with E-state index in [0.717, 1.165) is 11.1 Å². The van der Waals surface area contributed by atoms with Gasteiger partial charge in [0.2, 0.25) is 5.91 Å². The standard InChI is InChI=1S/C13H20N2O2/c1-2-17-8-7-15-13(16)9-11-5-3-4-6-12(11)10-14/h3-6H,2,7-10,14H2,1H3,(H,15,16). The molecule has 3 N–H and O–H groups in total. The van der Waals surface area contributed by atoms with Gasteiger partial charge in [0.25, 0.3) is 0 Å². The van der Waals surface area contributed by atoms with Gasteiger partial charge >= 0.3 is 0 Å². The molecule has 0 heterocycles. The molecule has 0 saturated heterocycles. The zero-order valence-corrected chi connectivity index (χ0v) is 10.2. The van der Waals surface area contributed by atoms with E-state index in [1.54, 1.807) is 0 Å². The number of benzene rings is 1. The highest BCUT2D eigenvalue weighted by molar-refractivity contribution is 5.78. The van der Waals surface area contributed by atoms with Crippen LogP contribution in [-0.2, 0) is 22.5 Å². The number of hydrogen-bond acceptors (Lipinski definition) is 3. The summed E-state index contributed by atoms with van der Waals surface area (Å²) >= 11 is 0. The molecule has 0 aliphatic carbocycles. The minimum atomic E-state index is 0.00519. The maximum atomic E-state index is 11.6. The normalized spacial score (nSPS) is 10.2. The summed E-state index contributed by atoms with van der Waals surface area (Å²) in [5, 5.41) is 2.81. The second-order valence-electron chi connectivity index (χ2n) is 3.70. The van der Waals surface area contributed by atoms with Crippen molar-refractivity contribution in [2.24, 2.45) is 5.73 Å². The fourth-order valence-corrected chi connectivity index (χ4v) is 1.57. The molecule has 0 aliphatic rings. The Morgan fingerprint density at radius 1 is 1.35 bits per heavy atom. The Hall–Kier alpha value is -1.39. The number of nitrogens with two attached hydrogens (primary N) is 1. The third kappa shape index (κ3) is 4.97. The second kappa shape index (κ2) is 7.81. The second-order valence-corrected chi connectivity index (χ2v) is 3.70. The predicted octanol–water partition coefficient (Wildman–Crippen LogP) is 0.840. The summed E-state index contributed by atoms with van der Waals surface area (Å²) in [7, 11) is 0. The topological polar surface area (TPSA) is 64.3 Å². The van der Waals surface area contributed by atoms with E-state index in [9.17, 15) is 4.79 Å². The smallest absolute Gasteiger partial charge is 0.224 e. The maximum Gasteiger partial charge on any atom is 0.224 e. The van der Waals surface area contributed by atoms with Crippen LogP contribution in [0.25, 0.3) is 0 Å². The van der Waals surface area contributed by atoms with E-state index in [-0.39, 0.29) is 5.91 Å². The molecule has 1 amide bonds. The molecule has 4 heteroatoms. The van der Waals surface area contributed by atoms with Gasteiger partial charge in [0.05, 0.1) is 13.0 Å². The van der Waals surface area contributed by atoms with Crippen LogP contribution >= 0.6 is 0 Å². The molecule has 0 unspecified atom stereocenters. The van der Waals surface area contributed by atoms with Gasteiger partial charge in [0.15, 0.2) is 0 Å². The number of hydrogen-bond donors (Lipinski definition) is 2. The van der Waals surface area contributed by atoms with Crippen molar-refractivity contribution >= 4 is 5.91 Å². The maximum absolute atomic E-state index is 11.6. The van der Waals surface area contributed by atoms with E-state index in [1.807, 2.05) is 31.2 Å². The van der Waals surface area contributed by atoms with Crippen molar-refractivity contribution in [3.8, 4) is 0 Å². The molecule has 1 aromatic rings. The molecule has 0 spiro atoms. The minimum absolute atomic E-state index is 0.00519. The summed E-state index contributed by atoms with van der Waals surface area (Å²) in [6.07, 6.45) is 0.375. The molecule has 1 aromatic carbocycles. The Morgan fingerprint density at radius 2 is 2.06 bits per heavy atom. The molecule has 0 radical (unpaired) electrons. The lowest BCUT2D eigenvalue weighted by atomic mass is 10.0. The number of ether oxygens (including phenoxy) is 1. The molecule has 94 valence electrons. The van der Waals surface area contributed by atoms with Gasteiger partial charge in [-0.25, -0.2) is 0 Å². The van der Waals surface area contributed by atoms with E-state index >= 15 is 0 Å². The summed E-state index contributed by atoms with van der Waals surface area (Å²) in [6.45, 7) is 4.17. The Kier molecular flexibility index (Phi) is 6.29. The first-order valence-electron chi connectivity index (χ1n) is 5.89. The van der Waals surface area contributed by atoms with Gasteiger partial charge in [-0.2, -0.15) is 0 Å². The summed E-state index contributed by atoms with van der Waals surface area (Å²) in [4.78, 5) is 11.6. The summed E-state index contributed by atoms with van der Waals surface area (Å²) in [5.41, 5.74) is 7.62. The van der Waals surface area contributed by atoms with Crippen LogP contribution in [0.5, 0.6) is 0 Å². The Bertz CT molecular complexity index is 353. The molecular formula is C13H20N2O2. The number of nitrogens with one attached hydrogen (secondary N) is 1. The zero-order valence-electron chi connectivity index (χ0n) is 10.2. The lowest BCUT2D eigenvalue weighted by Gasteiger charge is -2.08. The highest BCUT2D eigenvalue weighted by atomic mass is 16.5. The van der Waals surface area contributed by atoms with Crippen molar-refractivity contribution in [1.82, 2.24) is 5.32 Å². The van der Waals surface area contributed by atoms with Crippen LogP contribution in [0.3, 0.4) is 0 Å². The van der Waals surface area contributed by atoms with E-state index in [1.165, 1.54) is 0 Å². The van der Waals surface area contributed by atoms with E-state index in [0.29, 0.717) is 32.7 Å². The van der Waals surface area contributed by atoms with E-state index in [2.05, 4.69) is 5.32 Å². The Labute approximate surface area is 102 Å². The van der Waals surface area contributed by atoms with Gasteiger partial charge in [0.1, 0.15) is 0 Å². The average molecular weight is 236 g/mol. The largest absolute Gasteiger partial charge is 0.380 e. The highest BCUT2D eigenvalue weighted by Crippen LogP contribution is 2.08. The number of carbonyl (C=O) groups is 1. The monoisotopic (exact) mass is 236 g/mol. The van der Waals surface area contributed by atoms with Crippen LogP contribution < -0.4 is 11.1 Å². The molecule has 0 aromatic heterocycles. The van der Waals surface area contributed by atoms with Crippen molar-refractivity contribution in [3.63, 3.8) is 0 Å². The van der Waals surface area contributed by atoms with Crippen LogP contribution in [0.1, 0.15) is 18.1 Å². The highest BCUT2D eigenvalue weighted by Gasteiger charge is 2.05. The van der Waals surface area contributed by atoms with Crippen molar-refractivity contribution in [2.75, 3.05) is 19.8 Å². The third-order valence-corrected chi connectivity index (χ3v) is 2.46. The van der Waals surface area contributed by atoms with Gasteiger partial charge < -0.3 is 15.8 Å². The van der Waals surface area contributed by atoms with Crippen molar-refractivity contribution in [1.29, 1.82) is 0 Å². The van der Waals surface area contributed by atoms with E-state index in [4.69, 9.17) is 10.5 Å². The van der Waals surface area contributed by atoms with Crippen LogP contribution in [-0.4, -0.2) is 25.7 Å². The van der Waals surface area contributed by atoms with Crippen LogP contribution in [0.2, 0.25) is 0 Å². The fraction of sp³-hybridized carbons (Fsp3) is 0.462. The first-order valence-corrected chi connectivity index (χ1v) is 5.89. The summed E-state index contributed by atoms with van der Waals surface area (Å²) in [5.74, 6) is 0.00519. The Balaban J connectivity index is 2.39. The van der Waals surface area contributed by atoms with Gasteiger partial charge in [-0.05, 0) is 18.1 Å².